The van der Waals surface area contributed by atoms with Gasteiger partial charge in [0.15, 0.2) is 0 Å². The van der Waals surface area contributed by atoms with Gasteiger partial charge in [-0.25, -0.2) is 4.98 Å². The molecule has 2 aromatic rings. The third-order valence-electron chi connectivity index (χ3n) is 3.02. The fourth-order valence-corrected chi connectivity index (χ4v) is 2.96. The average Bonchev–Trinajstić information content (AvgIpc) is 2.93. The maximum absolute atomic E-state index is 11.8. The third kappa shape index (κ3) is 4.91. The Balaban J connectivity index is 1.96. The van der Waals surface area contributed by atoms with Crippen LogP contribution in [-0.4, -0.2) is 24.0 Å². The lowest BCUT2D eigenvalue weighted by molar-refractivity contribution is -0.120. The van der Waals surface area contributed by atoms with Crippen LogP contribution in [0.4, 0.5) is 0 Å². The van der Waals surface area contributed by atoms with Gasteiger partial charge in [-0.3, -0.25) is 4.79 Å². The second-order valence-corrected chi connectivity index (χ2v) is 6.75. The Bertz CT molecular complexity index is 614. The second kappa shape index (κ2) is 7.68. The van der Waals surface area contributed by atoms with Crippen LogP contribution in [0, 0.1) is 5.92 Å². The van der Waals surface area contributed by atoms with Crippen LogP contribution in [0.2, 0.25) is 0 Å². The number of aromatic nitrogens is 1. The van der Waals surface area contributed by atoms with E-state index < -0.39 is 0 Å². The molecule has 2 rings (SSSR count). The molecule has 0 saturated heterocycles. The molecular weight excluding hydrogens is 350 g/mol. The van der Waals surface area contributed by atoms with E-state index in [1.54, 1.807) is 11.3 Å². The van der Waals surface area contributed by atoms with Crippen molar-refractivity contribution in [2.75, 3.05) is 13.1 Å². The van der Waals surface area contributed by atoms with Gasteiger partial charge in [0.2, 0.25) is 5.91 Å². The normalized spacial score (nSPS) is 12.1. The molecule has 1 heterocycles. The van der Waals surface area contributed by atoms with Crippen LogP contribution in [0.15, 0.2) is 34.1 Å². The maximum atomic E-state index is 11.8. The van der Waals surface area contributed by atoms with Crippen LogP contribution in [0.25, 0.3) is 10.6 Å². The van der Waals surface area contributed by atoms with Gasteiger partial charge in [0.25, 0.3) is 0 Å². The van der Waals surface area contributed by atoms with E-state index in [1.165, 1.54) is 0 Å². The van der Waals surface area contributed by atoms with Crippen molar-refractivity contribution in [1.82, 2.24) is 10.3 Å². The van der Waals surface area contributed by atoms with E-state index >= 15 is 0 Å². The number of thiazole rings is 1. The number of benzene rings is 1. The zero-order chi connectivity index (χ0) is 15.2. The van der Waals surface area contributed by atoms with E-state index in [1.807, 2.05) is 36.6 Å². The van der Waals surface area contributed by atoms with Gasteiger partial charge in [-0.05, 0) is 24.6 Å². The monoisotopic (exact) mass is 367 g/mol. The molecule has 1 unspecified atom stereocenters. The molecular formula is C15H18BrN3OS. The van der Waals surface area contributed by atoms with Gasteiger partial charge in [-0.1, -0.05) is 35.0 Å². The lowest BCUT2D eigenvalue weighted by Crippen LogP contribution is -2.32. The highest BCUT2D eigenvalue weighted by Gasteiger charge is 2.10. The summed E-state index contributed by atoms with van der Waals surface area (Å²) in [6, 6.07) is 7.98. The minimum absolute atomic E-state index is 0.0126. The van der Waals surface area contributed by atoms with E-state index in [2.05, 4.69) is 26.2 Å². The Hall–Kier alpha value is -1.24. The van der Waals surface area contributed by atoms with Crippen molar-refractivity contribution in [2.45, 2.75) is 13.3 Å². The molecule has 1 atom stereocenters. The van der Waals surface area contributed by atoms with Crippen molar-refractivity contribution in [1.29, 1.82) is 0 Å². The van der Waals surface area contributed by atoms with Gasteiger partial charge in [0.05, 0.1) is 12.1 Å². The summed E-state index contributed by atoms with van der Waals surface area (Å²) in [5.74, 6) is 0.281. The molecule has 0 aliphatic rings. The number of halogens is 1. The molecule has 4 nitrogen and oxygen atoms in total. The standard InChI is InChI=1S/C15H18BrN3OS/c1-10(7-17)8-18-14(20)6-13-9-21-15(19-13)11-3-2-4-12(16)5-11/h2-5,9-10H,6-8,17H2,1H3,(H,18,20). The van der Waals surface area contributed by atoms with Gasteiger partial charge in [0, 0.05) is 22.0 Å². The Morgan fingerprint density at radius 2 is 2.33 bits per heavy atom. The molecule has 3 N–H and O–H groups in total. The number of rotatable bonds is 6. The fourth-order valence-electron chi connectivity index (χ4n) is 1.74. The molecule has 0 saturated carbocycles. The highest BCUT2D eigenvalue weighted by atomic mass is 79.9. The molecule has 0 aliphatic heterocycles. The molecule has 0 fully saturated rings. The van der Waals surface area contributed by atoms with Gasteiger partial charge in [0.1, 0.15) is 5.01 Å². The van der Waals surface area contributed by atoms with Crippen LogP contribution < -0.4 is 11.1 Å². The first-order valence-corrected chi connectivity index (χ1v) is 8.43. The summed E-state index contributed by atoms with van der Waals surface area (Å²) < 4.78 is 1.02. The van der Waals surface area contributed by atoms with Crippen LogP contribution in [0.3, 0.4) is 0 Å². The predicted molar refractivity (Wildman–Crippen MR) is 90.2 cm³/mol. The van der Waals surface area contributed by atoms with Crippen molar-refractivity contribution in [3.05, 3.63) is 39.8 Å². The summed E-state index contributed by atoms with van der Waals surface area (Å²) in [5, 5.41) is 5.74. The topological polar surface area (TPSA) is 68.0 Å². The number of carbonyl (C=O) groups is 1. The van der Waals surface area contributed by atoms with E-state index in [9.17, 15) is 4.79 Å². The van der Waals surface area contributed by atoms with Crippen LogP contribution in [-0.2, 0) is 11.2 Å². The molecule has 1 aromatic carbocycles. The molecule has 0 spiro atoms. The molecule has 1 aromatic heterocycles. The Morgan fingerprint density at radius 1 is 1.52 bits per heavy atom. The Morgan fingerprint density at radius 3 is 3.05 bits per heavy atom. The Kier molecular flexibility index (Phi) is 5.90. The second-order valence-electron chi connectivity index (χ2n) is 4.98. The number of nitrogens with one attached hydrogen (secondary N) is 1. The first-order valence-electron chi connectivity index (χ1n) is 6.75. The third-order valence-corrected chi connectivity index (χ3v) is 4.45. The van der Waals surface area contributed by atoms with Gasteiger partial charge in [-0.2, -0.15) is 0 Å². The van der Waals surface area contributed by atoms with E-state index in [0.29, 0.717) is 25.4 Å². The first-order chi connectivity index (χ1) is 10.1. The largest absolute Gasteiger partial charge is 0.355 e. The molecule has 21 heavy (non-hydrogen) atoms. The molecule has 0 radical (unpaired) electrons. The summed E-state index contributed by atoms with van der Waals surface area (Å²) in [6.07, 6.45) is 0.307. The summed E-state index contributed by atoms with van der Waals surface area (Å²) in [6.45, 7) is 3.19. The zero-order valence-corrected chi connectivity index (χ0v) is 14.2. The van der Waals surface area contributed by atoms with Gasteiger partial charge >= 0.3 is 0 Å². The average molecular weight is 368 g/mol. The maximum Gasteiger partial charge on any atom is 0.226 e. The first kappa shape index (κ1) is 16.1. The van der Waals surface area contributed by atoms with Crippen molar-refractivity contribution in [3.8, 4) is 10.6 Å². The zero-order valence-electron chi connectivity index (χ0n) is 11.8. The smallest absolute Gasteiger partial charge is 0.226 e. The molecule has 6 heteroatoms. The number of amides is 1. The lowest BCUT2D eigenvalue weighted by Gasteiger charge is -2.09. The van der Waals surface area contributed by atoms with E-state index in [-0.39, 0.29) is 5.91 Å². The van der Waals surface area contributed by atoms with Gasteiger partial charge < -0.3 is 11.1 Å². The summed E-state index contributed by atoms with van der Waals surface area (Å²) >= 11 is 5.00. The molecule has 1 amide bonds. The summed E-state index contributed by atoms with van der Waals surface area (Å²) in [4.78, 5) is 16.4. The van der Waals surface area contributed by atoms with Crippen LogP contribution in [0.5, 0.6) is 0 Å². The molecule has 112 valence electrons. The highest BCUT2D eigenvalue weighted by Crippen LogP contribution is 2.26. The van der Waals surface area contributed by atoms with Crippen molar-refractivity contribution >= 4 is 33.2 Å². The van der Waals surface area contributed by atoms with Crippen LogP contribution >= 0.6 is 27.3 Å². The summed E-state index contributed by atoms with van der Waals surface area (Å²) in [7, 11) is 0. The van der Waals surface area contributed by atoms with Crippen molar-refractivity contribution < 1.29 is 4.79 Å². The predicted octanol–water partition coefficient (Wildman–Crippen LogP) is 2.83. The number of nitrogens with two attached hydrogens (primary N) is 1. The summed E-state index contributed by atoms with van der Waals surface area (Å²) in [5.41, 5.74) is 7.38. The lowest BCUT2D eigenvalue weighted by atomic mass is 10.2. The minimum Gasteiger partial charge on any atom is -0.355 e. The quantitative estimate of drug-likeness (QED) is 0.824. The fraction of sp³-hybridized carbons (Fsp3) is 0.333. The number of nitrogens with zero attached hydrogens (tertiary/aromatic N) is 1. The SMILES string of the molecule is CC(CN)CNC(=O)Cc1csc(-c2cccc(Br)c2)n1. The molecule has 0 bridgehead atoms. The minimum atomic E-state index is -0.0126. The van der Waals surface area contributed by atoms with E-state index in [4.69, 9.17) is 5.73 Å². The van der Waals surface area contributed by atoms with Crippen molar-refractivity contribution in [2.24, 2.45) is 11.7 Å². The van der Waals surface area contributed by atoms with E-state index in [0.717, 1.165) is 20.7 Å². The highest BCUT2D eigenvalue weighted by molar-refractivity contribution is 9.10. The number of hydrogen-bond acceptors (Lipinski definition) is 4. The molecule has 0 aliphatic carbocycles. The Labute approximate surface area is 136 Å². The number of hydrogen-bond donors (Lipinski definition) is 2. The van der Waals surface area contributed by atoms with Crippen LogP contribution in [0.1, 0.15) is 12.6 Å². The number of carbonyl (C=O) groups excluding carboxylic acids is 1. The van der Waals surface area contributed by atoms with Crippen molar-refractivity contribution in [3.63, 3.8) is 0 Å². The van der Waals surface area contributed by atoms with Gasteiger partial charge in [-0.15, -0.1) is 11.3 Å².